The maximum atomic E-state index is 12.4. The van der Waals surface area contributed by atoms with Crippen LogP contribution in [0.5, 0.6) is 0 Å². The first-order chi connectivity index (χ1) is 12.4. The normalized spacial score (nSPS) is 10.7. The first kappa shape index (κ1) is 17.3. The molecule has 0 bridgehead atoms. The van der Waals surface area contributed by atoms with Crippen molar-refractivity contribution in [1.29, 1.82) is 0 Å². The van der Waals surface area contributed by atoms with E-state index in [1.54, 1.807) is 37.3 Å². The Labute approximate surface area is 148 Å². The van der Waals surface area contributed by atoms with Gasteiger partial charge in [-0.05, 0) is 19.1 Å². The van der Waals surface area contributed by atoms with Crippen LogP contribution in [0, 0.1) is 17.0 Å². The van der Waals surface area contributed by atoms with E-state index in [1.807, 2.05) is 0 Å². The number of amides is 1. The number of nitro benzene ring substituents is 1. The van der Waals surface area contributed by atoms with E-state index in [9.17, 15) is 19.7 Å². The Morgan fingerprint density at radius 3 is 2.58 bits per heavy atom. The molecule has 0 saturated heterocycles. The van der Waals surface area contributed by atoms with Crippen LogP contribution in [-0.4, -0.2) is 20.6 Å². The number of nitrogens with one attached hydrogen (secondary N) is 1. The summed E-state index contributed by atoms with van der Waals surface area (Å²) in [5.74, 6) is -0.370. The van der Waals surface area contributed by atoms with Crippen LogP contribution in [0.2, 0.25) is 0 Å². The van der Waals surface area contributed by atoms with E-state index >= 15 is 0 Å². The maximum absolute atomic E-state index is 12.4. The van der Waals surface area contributed by atoms with Crippen LogP contribution in [-0.2, 0) is 18.3 Å². The largest absolute Gasteiger partial charge is 0.325 e. The molecule has 26 heavy (non-hydrogen) atoms. The van der Waals surface area contributed by atoms with Crippen LogP contribution < -0.4 is 10.9 Å². The lowest BCUT2D eigenvalue weighted by Crippen LogP contribution is -2.24. The number of rotatable bonds is 4. The number of nitrogens with zero attached hydrogens (tertiary/aromatic N) is 3. The summed E-state index contributed by atoms with van der Waals surface area (Å²) in [4.78, 5) is 35.1. The molecule has 3 rings (SSSR count). The van der Waals surface area contributed by atoms with Gasteiger partial charge in [-0.3, -0.25) is 19.7 Å². The number of hydrogen-bond donors (Lipinski definition) is 1. The van der Waals surface area contributed by atoms with Crippen molar-refractivity contribution in [2.45, 2.75) is 13.3 Å². The number of carbonyl (C=O) groups excluding carboxylic acids is 1. The lowest BCUT2D eigenvalue weighted by Gasteiger charge is -2.10. The minimum absolute atomic E-state index is 0.0588. The number of anilines is 1. The number of benzene rings is 2. The zero-order valence-corrected chi connectivity index (χ0v) is 14.2. The van der Waals surface area contributed by atoms with Gasteiger partial charge >= 0.3 is 0 Å². The van der Waals surface area contributed by atoms with Crippen molar-refractivity contribution in [1.82, 2.24) is 9.78 Å². The molecule has 1 aromatic heterocycles. The van der Waals surface area contributed by atoms with E-state index in [1.165, 1.54) is 23.9 Å². The van der Waals surface area contributed by atoms with Crippen molar-refractivity contribution < 1.29 is 9.72 Å². The summed E-state index contributed by atoms with van der Waals surface area (Å²) in [5.41, 5.74) is 0.915. The number of nitro groups is 1. The molecule has 8 nitrogen and oxygen atoms in total. The van der Waals surface area contributed by atoms with Gasteiger partial charge in [-0.15, -0.1) is 0 Å². The molecule has 0 aliphatic rings. The van der Waals surface area contributed by atoms with E-state index in [4.69, 9.17) is 0 Å². The molecule has 3 aromatic rings. The number of fused-ring (bicyclic) bond motifs is 1. The third-order valence-electron chi connectivity index (χ3n) is 4.14. The quantitative estimate of drug-likeness (QED) is 0.573. The van der Waals surface area contributed by atoms with Crippen molar-refractivity contribution >= 4 is 28.1 Å². The smallest absolute Gasteiger partial charge is 0.274 e. The van der Waals surface area contributed by atoms with E-state index < -0.39 is 4.92 Å². The minimum Gasteiger partial charge on any atom is -0.325 e. The summed E-state index contributed by atoms with van der Waals surface area (Å²) in [5, 5.41) is 19.0. The second-order valence-electron chi connectivity index (χ2n) is 5.85. The first-order valence-electron chi connectivity index (χ1n) is 7.87. The summed E-state index contributed by atoms with van der Waals surface area (Å²) in [7, 11) is 1.53. The zero-order valence-electron chi connectivity index (χ0n) is 14.2. The first-order valence-corrected chi connectivity index (χ1v) is 7.87. The van der Waals surface area contributed by atoms with Crippen molar-refractivity contribution in [2.75, 3.05) is 5.32 Å². The highest BCUT2D eigenvalue weighted by molar-refractivity contribution is 5.96. The van der Waals surface area contributed by atoms with Crippen LogP contribution in [0.4, 0.5) is 11.4 Å². The van der Waals surface area contributed by atoms with Crippen LogP contribution in [0.25, 0.3) is 10.8 Å². The van der Waals surface area contributed by atoms with Gasteiger partial charge in [-0.1, -0.05) is 24.3 Å². The number of aromatic nitrogens is 2. The van der Waals surface area contributed by atoms with E-state index in [0.717, 1.165) is 0 Å². The molecule has 8 heteroatoms. The van der Waals surface area contributed by atoms with Gasteiger partial charge in [0.1, 0.15) is 0 Å². The fourth-order valence-corrected chi connectivity index (χ4v) is 2.81. The molecular weight excluding hydrogens is 336 g/mol. The van der Waals surface area contributed by atoms with Gasteiger partial charge in [0.2, 0.25) is 5.91 Å². The van der Waals surface area contributed by atoms with E-state index in [2.05, 4.69) is 10.4 Å². The van der Waals surface area contributed by atoms with Crippen molar-refractivity contribution in [2.24, 2.45) is 7.05 Å². The fraction of sp³-hybridized carbons (Fsp3) is 0.167. The summed E-state index contributed by atoms with van der Waals surface area (Å²) in [6.45, 7) is 1.58. The number of hydrogen-bond acceptors (Lipinski definition) is 5. The zero-order chi connectivity index (χ0) is 18.8. The van der Waals surface area contributed by atoms with Crippen molar-refractivity contribution in [3.05, 3.63) is 74.2 Å². The van der Waals surface area contributed by atoms with Crippen molar-refractivity contribution in [3.8, 4) is 0 Å². The van der Waals surface area contributed by atoms with Gasteiger partial charge in [0.15, 0.2) is 0 Å². The predicted molar refractivity (Wildman–Crippen MR) is 97.2 cm³/mol. The van der Waals surface area contributed by atoms with Crippen LogP contribution in [0.3, 0.4) is 0 Å². The van der Waals surface area contributed by atoms with Crippen LogP contribution >= 0.6 is 0 Å². The number of carbonyl (C=O) groups is 1. The van der Waals surface area contributed by atoms with Gasteiger partial charge in [0.25, 0.3) is 11.2 Å². The highest BCUT2D eigenvalue weighted by atomic mass is 16.6. The van der Waals surface area contributed by atoms with Gasteiger partial charge in [-0.2, -0.15) is 5.10 Å². The molecule has 0 spiro atoms. The summed E-state index contributed by atoms with van der Waals surface area (Å²) in [6, 6.07) is 11.5. The third-order valence-corrected chi connectivity index (χ3v) is 4.14. The second kappa shape index (κ2) is 6.75. The molecule has 0 saturated carbocycles. The number of aryl methyl sites for hydroxylation is 1. The summed E-state index contributed by atoms with van der Waals surface area (Å²) >= 11 is 0. The SMILES string of the molecule is Cc1c(NC(=O)Cc2nn(C)c(=O)c3ccccc23)cccc1[N+](=O)[O-]. The second-order valence-corrected chi connectivity index (χ2v) is 5.85. The van der Waals surface area contributed by atoms with Gasteiger partial charge in [-0.25, -0.2) is 4.68 Å². The molecule has 0 aliphatic carbocycles. The molecular formula is C18H16N4O4. The van der Waals surface area contributed by atoms with E-state index in [0.29, 0.717) is 27.7 Å². The average molecular weight is 352 g/mol. The lowest BCUT2D eigenvalue weighted by molar-refractivity contribution is -0.385. The molecule has 132 valence electrons. The Hall–Kier alpha value is -3.55. The highest BCUT2D eigenvalue weighted by Gasteiger charge is 2.16. The molecule has 0 atom stereocenters. The maximum Gasteiger partial charge on any atom is 0.274 e. The Bertz CT molecular complexity index is 1090. The third kappa shape index (κ3) is 3.16. The molecule has 2 aromatic carbocycles. The standard InChI is InChI=1S/C18H16N4O4/c1-11-14(8-5-9-16(11)22(25)26)19-17(23)10-15-12-6-3-4-7-13(12)18(24)21(2)20-15/h3-9H,10H2,1-2H3,(H,19,23). The molecule has 0 unspecified atom stereocenters. The molecule has 0 aliphatic heterocycles. The Morgan fingerprint density at radius 2 is 1.88 bits per heavy atom. The summed E-state index contributed by atoms with van der Waals surface area (Å²) < 4.78 is 1.20. The molecule has 0 fully saturated rings. The van der Waals surface area contributed by atoms with Gasteiger partial charge in [0, 0.05) is 18.5 Å². The molecule has 0 radical (unpaired) electrons. The Morgan fingerprint density at radius 1 is 1.19 bits per heavy atom. The fourth-order valence-electron chi connectivity index (χ4n) is 2.81. The van der Waals surface area contributed by atoms with Gasteiger partial charge < -0.3 is 5.32 Å². The van der Waals surface area contributed by atoms with Crippen molar-refractivity contribution in [3.63, 3.8) is 0 Å². The average Bonchev–Trinajstić information content (AvgIpc) is 2.61. The predicted octanol–water partition coefficient (Wildman–Crippen LogP) is 2.33. The van der Waals surface area contributed by atoms with E-state index in [-0.39, 0.29) is 23.6 Å². The molecule has 1 amide bonds. The Kier molecular flexibility index (Phi) is 4.49. The molecule has 1 heterocycles. The topological polar surface area (TPSA) is 107 Å². The van der Waals surface area contributed by atoms with Crippen LogP contribution in [0.15, 0.2) is 47.3 Å². The Balaban J connectivity index is 1.92. The lowest BCUT2D eigenvalue weighted by atomic mass is 10.1. The minimum atomic E-state index is -0.493. The summed E-state index contributed by atoms with van der Waals surface area (Å²) in [6.07, 6.45) is -0.0588. The molecule has 1 N–H and O–H groups in total. The van der Waals surface area contributed by atoms with Crippen LogP contribution in [0.1, 0.15) is 11.3 Å². The highest BCUT2D eigenvalue weighted by Crippen LogP contribution is 2.25. The van der Waals surface area contributed by atoms with Gasteiger partial charge in [0.05, 0.1) is 33.7 Å². The monoisotopic (exact) mass is 352 g/mol.